The fourth-order valence-electron chi connectivity index (χ4n) is 5.39. The van der Waals surface area contributed by atoms with Gasteiger partial charge >= 0.3 is 12.1 Å². The largest absolute Gasteiger partial charge is 0.496 e. The Morgan fingerprint density at radius 3 is 2.58 bits per heavy atom. The minimum Gasteiger partial charge on any atom is -0.496 e. The van der Waals surface area contributed by atoms with Gasteiger partial charge in [0, 0.05) is 22.2 Å². The molecule has 258 valence electrons. The van der Waals surface area contributed by atoms with Gasteiger partial charge in [-0.25, -0.2) is 19.8 Å². The van der Waals surface area contributed by atoms with E-state index in [0.717, 1.165) is 29.2 Å². The van der Waals surface area contributed by atoms with Crippen LogP contribution in [0.4, 0.5) is 13.2 Å². The van der Waals surface area contributed by atoms with Crippen molar-refractivity contribution in [2.45, 2.75) is 49.2 Å². The van der Waals surface area contributed by atoms with E-state index >= 15 is 0 Å². The number of hydrogen-bond acceptors (Lipinski definition) is 10. The predicted molar refractivity (Wildman–Crippen MR) is 183 cm³/mol. The molecule has 4 heterocycles. The number of ether oxygens (including phenoxy) is 2. The number of aromatic nitrogens is 3. The highest BCUT2D eigenvalue weighted by molar-refractivity contribution is 7.99. The lowest BCUT2D eigenvalue weighted by Gasteiger charge is -2.27. The SMILES string of the molecule is CCCC1=C(C(=O)OCC)[C@@H](c2cc(Cl)ccc2OC)n2c(s/c(=C\c3ccc(Sc4nc(-c5ccccc5)cc(C(F)(F)F)n4)o3)c2=O)=N1. The maximum Gasteiger partial charge on any atom is 0.433 e. The highest BCUT2D eigenvalue weighted by Gasteiger charge is 2.36. The zero-order chi connectivity index (χ0) is 35.6. The fourth-order valence-corrected chi connectivity index (χ4v) is 7.32. The molecule has 1 atom stereocenters. The Morgan fingerprint density at radius 2 is 1.88 bits per heavy atom. The van der Waals surface area contributed by atoms with E-state index in [1.54, 1.807) is 67.6 Å². The second kappa shape index (κ2) is 14.7. The Labute approximate surface area is 296 Å². The molecule has 3 aromatic heterocycles. The van der Waals surface area contributed by atoms with E-state index in [-0.39, 0.29) is 38.4 Å². The van der Waals surface area contributed by atoms with Gasteiger partial charge in [0.2, 0.25) is 0 Å². The lowest BCUT2D eigenvalue weighted by atomic mass is 9.93. The van der Waals surface area contributed by atoms with Crippen LogP contribution in [0.2, 0.25) is 5.02 Å². The first-order valence-corrected chi connectivity index (χ1v) is 17.4. The van der Waals surface area contributed by atoms with Crippen molar-refractivity contribution in [2.24, 2.45) is 4.99 Å². The van der Waals surface area contributed by atoms with Crippen molar-refractivity contribution >= 4 is 46.7 Å². The number of carbonyl (C=O) groups is 1. The highest BCUT2D eigenvalue weighted by Crippen LogP contribution is 2.39. The van der Waals surface area contributed by atoms with Crippen LogP contribution in [0.15, 0.2) is 102 Å². The molecule has 1 aliphatic heterocycles. The number of alkyl halides is 3. The average Bonchev–Trinajstić information content (AvgIpc) is 3.66. The Hall–Kier alpha value is -4.66. The Balaban J connectivity index is 1.42. The van der Waals surface area contributed by atoms with Gasteiger partial charge < -0.3 is 13.9 Å². The Kier molecular flexibility index (Phi) is 10.3. The zero-order valence-corrected chi connectivity index (χ0v) is 29.2. The summed E-state index contributed by atoms with van der Waals surface area (Å²) in [7, 11) is 1.48. The number of furan rings is 1. The molecule has 0 spiro atoms. The number of halogens is 4. The zero-order valence-electron chi connectivity index (χ0n) is 26.8. The standard InChI is InChI=1S/C35H28ClF3N4O5S2/c1-4-9-23-29(32(45)47-5-2)30(22-16-20(36)12-14-25(22)46-3)43-31(44)26(49-34(43)41-23)17-21-13-15-28(48-21)50-33-40-24(19-10-7-6-8-11-19)18-27(42-33)35(37,38)39/h6-8,10-18,30H,4-5,9H2,1-3H3/b26-17-/t30-/m1/s1. The number of hydrogen-bond donors (Lipinski definition) is 0. The second-order valence-corrected chi connectivity index (χ2v) is 13.3. The molecule has 6 rings (SSSR count). The number of nitrogens with zero attached hydrogens (tertiary/aromatic N) is 4. The van der Waals surface area contributed by atoms with Gasteiger partial charge in [0.1, 0.15) is 23.2 Å². The van der Waals surface area contributed by atoms with Crippen LogP contribution in [-0.4, -0.2) is 34.2 Å². The highest BCUT2D eigenvalue weighted by atomic mass is 35.5. The third-order valence-electron chi connectivity index (χ3n) is 7.51. The van der Waals surface area contributed by atoms with E-state index in [0.29, 0.717) is 45.2 Å². The third kappa shape index (κ3) is 7.28. The van der Waals surface area contributed by atoms with E-state index in [2.05, 4.69) is 9.97 Å². The normalized spacial score (nSPS) is 14.8. The number of benzene rings is 2. The molecule has 0 amide bonds. The number of allylic oxidation sites excluding steroid dienone is 1. The van der Waals surface area contributed by atoms with Crippen molar-refractivity contribution in [3.63, 3.8) is 0 Å². The summed E-state index contributed by atoms with van der Waals surface area (Å²) in [5, 5.41) is 0.421. The monoisotopic (exact) mass is 740 g/mol. The molecule has 1 aliphatic rings. The maximum atomic E-state index is 14.1. The quantitative estimate of drug-likeness (QED) is 0.107. The van der Waals surface area contributed by atoms with E-state index in [4.69, 9.17) is 30.5 Å². The molecule has 0 bridgehead atoms. The Bertz CT molecular complexity index is 2280. The van der Waals surface area contributed by atoms with Crippen molar-refractivity contribution in [2.75, 3.05) is 13.7 Å². The molecule has 0 aliphatic carbocycles. The van der Waals surface area contributed by atoms with Crippen molar-refractivity contribution in [3.05, 3.63) is 120 Å². The van der Waals surface area contributed by atoms with Crippen molar-refractivity contribution in [3.8, 4) is 17.0 Å². The van der Waals surface area contributed by atoms with Gasteiger partial charge in [-0.1, -0.05) is 66.6 Å². The maximum absolute atomic E-state index is 14.1. The lowest BCUT2D eigenvalue weighted by Crippen LogP contribution is -2.40. The van der Waals surface area contributed by atoms with Crippen molar-refractivity contribution in [1.82, 2.24) is 14.5 Å². The molecular weight excluding hydrogens is 713 g/mol. The molecule has 0 fully saturated rings. The number of thiazole rings is 1. The first kappa shape index (κ1) is 35.2. The minimum absolute atomic E-state index is 0.110. The van der Waals surface area contributed by atoms with Crippen LogP contribution in [0.3, 0.4) is 0 Å². The van der Waals surface area contributed by atoms with E-state index in [9.17, 15) is 22.8 Å². The topological polar surface area (TPSA) is 109 Å². The van der Waals surface area contributed by atoms with Crippen molar-refractivity contribution < 1.29 is 31.9 Å². The number of rotatable bonds is 10. The molecular formula is C35H28ClF3N4O5S2. The summed E-state index contributed by atoms with van der Waals surface area (Å²) in [5.41, 5.74) is 0.236. The molecule has 0 radical (unpaired) electrons. The summed E-state index contributed by atoms with van der Waals surface area (Å²) in [4.78, 5) is 40.8. The van der Waals surface area contributed by atoms with Crippen LogP contribution in [0, 0.1) is 0 Å². The molecule has 2 aromatic carbocycles. The van der Waals surface area contributed by atoms with Gasteiger partial charge in [-0.05, 0) is 61.5 Å². The van der Waals surface area contributed by atoms with Crippen LogP contribution in [-0.2, 0) is 15.7 Å². The summed E-state index contributed by atoms with van der Waals surface area (Å²) in [6.07, 6.45) is -2.07. The lowest BCUT2D eigenvalue weighted by molar-refractivity contribution is -0.141. The Morgan fingerprint density at radius 1 is 1.10 bits per heavy atom. The molecule has 50 heavy (non-hydrogen) atoms. The van der Waals surface area contributed by atoms with Gasteiger partial charge in [0.25, 0.3) is 5.56 Å². The minimum atomic E-state index is -4.69. The number of carbonyl (C=O) groups excluding carboxylic acids is 1. The first-order chi connectivity index (χ1) is 24.0. The summed E-state index contributed by atoms with van der Waals surface area (Å²) >= 11 is 8.32. The van der Waals surface area contributed by atoms with Crippen LogP contribution in [0.5, 0.6) is 5.75 Å². The van der Waals surface area contributed by atoms with E-state index in [1.165, 1.54) is 17.8 Å². The second-order valence-electron chi connectivity index (χ2n) is 10.8. The summed E-state index contributed by atoms with van der Waals surface area (Å²) < 4.78 is 59.9. The van der Waals surface area contributed by atoms with Gasteiger partial charge in [-0.15, -0.1) is 0 Å². The predicted octanol–water partition coefficient (Wildman–Crippen LogP) is 7.46. The van der Waals surface area contributed by atoms with Gasteiger partial charge in [0.15, 0.2) is 15.1 Å². The molecule has 5 aromatic rings. The van der Waals surface area contributed by atoms with Crippen LogP contribution in [0.1, 0.15) is 49.7 Å². The molecule has 15 heteroatoms. The number of esters is 1. The van der Waals surface area contributed by atoms with Crippen molar-refractivity contribution in [1.29, 1.82) is 0 Å². The molecule has 0 unspecified atom stereocenters. The summed E-state index contributed by atoms with van der Waals surface area (Å²) in [5.74, 6) is 0.0534. The number of methoxy groups -OCH3 is 1. The van der Waals surface area contributed by atoms with E-state index in [1.807, 2.05) is 6.92 Å². The van der Waals surface area contributed by atoms with Gasteiger partial charge in [-0.2, -0.15) is 13.2 Å². The van der Waals surface area contributed by atoms with Crippen LogP contribution < -0.4 is 19.6 Å². The van der Waals surface area contributed by atoms with Gasteiger partial charge in [0.05, 0.1) is 35.2 Å². The first-order valence-electron chi connectivity index (χ1n) is 15.4. The number of fused-ring (bicyclic) bond motifs is 1. The molecule has 9 nitrogen and oxygen atoms in total. The summed E-state index contributed by atoms with van der Waals surface area (Å²) in [6.45, 7) is 3.76. The third-order valence-corrected chi connectivity index (χ3v) is 9.52. The average molecular weight is 741 g/mol. The smallest absolute Gasteiger partial charge is 0.433 e. The molecule has 0 N–H and O–H groups in total. The fraction of sp³-hybridized carbons (Fsp3) is 0.229. The van der Waals surface area contributed by atoms with Crippen LogP contribution in [0.25, 0.3) is 17.3 Å². The van der Waals surface area contributed by atoms with Crippen LogP contribution >= 0.6 is 34.7 Å². The van der Waals surface area contributed by atoms with E-state index < -0.39 is 29.4 Å². The molecule has 0 saturated carbocycles. The molecule has 0 saturated heterocycles. The summed E-state index contributed by atoms with van der Waals surface area (Å²) in [6, 6.07) is 16.5. The van der Waals surface area contributed by atoms with Gasteiger partial charge in [-0.3, -0.25) is 9.36 Å².